The summed E-state index contributed by atoms with van der Waals surface area (Å²) >= 11 is 1.41. The third kappa shape index (κ3) is 3.53. The van der Waals surface area contributed by atoms with Crippen molar-refractivity contribution >= 4 is 39.4 Å². The second kappa shape index (κ2) is 8.25. The summed E-state index contributed by atoms with van der Waals surface area (Å²) in [5, 5.41) is 0. The van der Waals surface area contributed by atoms with E-state index in [0.29, 0.717) is 21.7 Å². The van der Waals surface area contributed by atoms with E-state index in [1.54, 1.807) is 23.5 Å². The van der Waals surface area contributed by atoms with Gasteiger partial charge in [-0.2, -0.15) is 0 Å². The van der Waals surface area contributed by atoms with Gasteiger partial charge in [-0.1, -0.05) is 11.3 Å². The quantitative estimate of drug-likeness (QED) is 0.358. The van der Waals surface area contributed by atoms with Gasteiger partial charge in [-0.3, -0.25) is 4.79 Å². The Kier molecular flexibility index (Phi) is 5.37. The first-order chi connectivity index (χ1) is 16.3. The van der Waals surface area contributed by atoms with Gasteiger partial charge in [-0.25, -0.2) is 14.2 Å². The molecular weight excluding hydrogens is 446 g/mol. The number of esters is 1. The van der Waals surface area contributed by atoms with Crippen LogP contribution in [0.15, 0.2) is 47.3 Å². The molecule has 3 heterocycles. The molecule has 6 nitrogen and oxygen atoms in total. The maximum absolute atomic E-state index is 13.3. The van der Waals surface area contributed by atoms with Crippen LogP contribution in [-0.2, 0) is 4.74 Å². The first kappa shape index (κ1) is 22.1. The van der Waals surface area contributed by atoms with Crippen LogP contribution in [0.25, 0.3) is 27.8 Å². The molecule has 0 unspecified atom stereocenters. The largest absolute Gasteiger partial charge is 0.462 e. The Morgan fingerprint density at radius 1 is 1.06 bits per heavy atom. The van der Waals surface area contributed by atoms with Crippen molar-refractivity contribution in [2.75, 3.05) is 6.61 Å². The zero-order valence-corrected chi connectivity index (χ0v) is 20.6. The van der Waals surface area contributed by atoms with Gasteiger partial charge in [0.05, 0.1) is 27.7 Å². The van der Waals surface area contributed by atoms with Gasteiger partial charge in [-0.05, 0) is 99.8 Å². The van der Waals surface area contributed by atoms with E-state index < -0.39 is 0 Å². The first-order valence-corrected chi connectivity index (χ1v) is 12.0. The van der Waals surface area contributed by atoms with Crippen LogP contribution in [0.1, 0.15) is 45.4 Å². The van der Waals surface area contributed by atoms with Crippen LogP contribution < -0.4 is 10.1 Å². The van der Waals surface area contributed by atoms with Crippen molar-refractivity contribution in [1.29, 1.82) is 0 Å². The molecule has 0 N–H and O–H groups in total. The van der Waals surface area contributed by atoms with Crippen LogP contribution in [0.2, 0.25) is 0 Å². The average molecular weight is 472 g/mol. The van der Waals surface area contributed by atoms with E-state index in [1.165, 1.54) is 16.9 Å². The van der Waals surface area contributed by atoms with Gasteiger partial charge < -0.3 is 9.30 Å². The second-order valence-electron chi connectivity index (χ2n) is 8.50. The van der Waals surface area contributed by atoms with Crippen molar-refractivity contribution in [3.05, 3.63) is 91.0 Å². The topological polar surface area (TPSA) is 65.6 Å². The highest BCUT2D eigenvalue weighted by molar-refractivity contribution is 7.15. The first-order valence-electron chi connectivity index (χ1n) is 11.2. The fraction of sp³-hybridized carbons (Fsp3) is 0.222. The molecule has 34 heavy (non-hydrogen) atoms. The zero-order chi connectivity index (χ0) is 24.1. The number of ether oxygens (including phenoxy) is 1. The molecule has 0 saturated heterocycles. The number of fused-ring (bicyclic) bond motifs is 3. The Bertz CT molecular complexity index is 1690. The molecule has 0 aliphatic heterocycles. The number of imidazole rings is 1. The average Bonchev–Trinajstić information content (AvgIpc) is 3.39. The fourth-order valence-electron chi connectivity index (χ4n) is 4.35. The van der Waals surface area contributed by atoms with Crippen molar-refractivity contribution in [3.8, 4) is 5.69 Å². The number of benzene rings is 2. The van der Waals surface area contributed by atoms with E-state index in [1.807, 2.05) is 51.1 Å². The van der Waals surface area contributed by atoms with E-state index in [-0.39, 0.29) is 11.5 Å². The second-order valence-corrected chi connectivity index (χ2v) is 9.51. The van der Waals surface area contributed by atoms with Gasteiger partial charge in [-0.15, -0.1) is 0 Å². The van der Waals surface area contributed by atoms with Crippen molar-refractivity contribution in [2.45, 2.75) is 34.6 Å². The molecule has 0 spiro atoms. The number of nitrogens with zero attached hydrogens (tertiary/aromatic N) is 3. The number of aryl methyl sites for hydroxylation is 3. The molecule has 172 valence electrons. The van der Waals surface area contributed by atoms with Crippen LogP contribution in [0.4, 0.5) is 0 Å². The number of thiazole rings is 1. The van der Waals surface area contributed by atoms with Crippen molar-refractivity contribution in [1.82, 2.24) is 14.0 Å². The molecule has 2 aromatic carbocycles. The Balaban J connectivity index is 1.58. The SMILES string of the molecule is CCOC(=O)c1ccc(-n2c(C)cc(/C=c3\sc4nc5cc(C)c(C)cc5n4c3=O)c2C)cc1. The molecule has 5 aromatic rings. The standard InChI is InChI=1S/C27H25N3O3S/c1-6-33-26(32)19-7-9-21(10-8-19)29-17(4)13-20(18(29)5)14-24-25(31)30-23-12-16(3)15(2)11-22(23)28-27(30)34-24/h7-14H,6H2,1-5H3/b24-14-. The van der Waals surface area contributed by atoms with Crippen LogP contribution in [0, 0.1) is 27.7 Å². The summed E-state index contributed by atoms with van der Waals surface area (Å²) in [6.07, 6.45) is 1.94. The predicted molar refractivity (Wildman–Crippen MR) is 136 cm³/mol. The minimum absolute atomic E-state index is 0.0469. The summed E-state index contributed by atoms with van der Waals surface area (Å²) in [7, 11) is 0. The highest BCUT2D eigenvalue weighted by Gasteiger charge is 2.15. The molecule has 0 bridgehead atoms. The molecule has 7 heteroatoms. The van der Waals surface area contributed by atoms with Gasteiger partial charge >= 0.3 is 5.97 Å². The summed E-state index contributed by atoms with van der Waals surface area (Å²) in [5.74, 6) is -0.326. The number of carbonyl (C=O) groups is 1. The normalized spacial score (nSPS) is 12.2. The number of carbonyl (C=O) groups excluding carboxylic acids is 1. The molecule has 0 saturated carbocycles. The van der Waals surface area contributed by atoms with Crippen LogP contribution in [0.5, 0.6) is 0 Å². The third-order valence-electron chi connectivity index (χ3n) is 6.25. The van der Waals surface area contributed by atoms with Gasteiger partial charge in [0, 0.05) is 17.1 Å². The van der Waals surface area contributed by atoms with Crippen LogP contribution in [0.3, 0.4) is 0 Å². The van der Waals surface area contributed by atoms with Crippen molar-refractivity contribution in [2.24, 2.45) is 0 Å². The minimum Gasteiger partial charge on any atom is -0.462 e. The maximum Gasteiger partial charge on any atom is 0.338 e. The Labute approximate surface area is 200 Å². The van der Waals surface area contributed by atoms with E-state index >= 15 is 0 Å². The summed E-state index contributed by atoms with van der Waals surface area (Å²) in [5.41, 5.74) is 8.47. The smallest absolute Gasteiger partial charge is 0.338 e. The lowest BCUT2D eigenvalue weighted by Crippen LogP contribution is -2.22. The van der Waals surface area contributed by atoms with Crippen molar-refractivity contribution in [3.63, 3.8) is 0 Å². The van der Waals surface area contributed by atoms with Crippen LogP contribution in [-0.4, -0.2) is 26.5 Å². The lowest BCUT2D eigenvalue weighted by Gasteiger charge is -2.10. The third-order valence-corrected chi connectivity index (χ3v) is 7.22. The molecular formula is C27H25N3O3S. The summed E-state index contributed by atoms with van der Waals surface area (Å²) < 4.78 is 9.56. The summed E-state index contributed by atoms with van der Waals surface area (Å²) in [4.78, 5) is 30.6. The minimum atomic E-state index is -0.326. The molecule has 0 amide bonds. The molecule has 3 aromatic heterocycles. The lowest BCUT2D eigenvalue weighted by atomic mass is 10.1. The zero-order valence-electron chi connectivity index (χ0n) is 19.8. The van der Waals surface area contributed by atoms with Crippen molar-refractivity contribution < 1.29 is 9.53 Å². The Morgan fingerprint density at radius 2 is 1.76 bits per heavy atom. The van der Waals surface area contributed by atoms with Crippen LogP contribution >= 0.6 is 11.3 Å². The van der Waals surface area contributed by atoms with E-state index in [0.717, 1.165) is 39.2 Å². The highest BCUT2D eigenvalue weighted by atomic mass is 32.1. The maximum atomic E-state index is 13.3. The predicted octanol–water partition coefficient (Wildman–Crippen LogP) is 4.66. The summed E-state index contributed by atoms with van der Waals surface area (Å²) in [6.45, 7) is 10.3. The number of aromatic nitrogens is 3. The molecule has 0 atom stereocenters. The van der Waals surface area contributed by atoms with E-state index in [2.05, 4.69) is 22.5 Å². The lowest BCUT2D eigenvalue weighted by molar-refractivity contribution is 0.0526. The van der Waals surface area contributed by atoms with Gasteiger partial charge in [0.1, 0.15) is 0 Å². The molecule has 0 aliphatic carbocycles. The van der Waals surface area contributed by atoms with Gasteiger partial charge in [0.2, 0.25) is 0 Å². The number of hydrogen-bond donors (Lipinski definition) is 0. The van der Waals surface area contributed by atoms with Gasteiger partial charge in [0.15, 0.2) is 4.96 Å². The summed E-state index contributed by atoms with van der Waals surface area (Å²) in [6, 6.07) is 13.5. The van der Waals surface area contributed by atoms with Gasteiger partial charge in [0.25, 0.3) is 5.56 Å². The number of rotatable bonds is 4. The monoisotopic (exact) mass is 471 g/mol. The fourth-order valence-corrected chi connectivity index (χ4v) is 5.33. The number of hydrogen-bond acceptors (Lipinski definition) is 5. The Hall–Kier alpha value is -3.71. The molecule has 0 radical (unpaired) electrons. The Morgan fingerprint density at radius 3 is 2.47 bits per heavy atom. The van der Waals surface area contributed by atoms with E-state index in [4.69, 9.17) is 4.74 Å². The molecule has 0 aliphatic rings. The highest BCUT2D eigenvalue weighted by Crippen LogP contribution is 2.23. The molecule has 5 rings (SSSR count). The van der Waals surface area contributed by atoms with E-state index in [9.17, 15) is 9.59 Å². The molecule has 0 fully saturated rings.